The van der Waals surface area contributed by atoms with Crippen LogP contribution in [0.1, 0.15) is 17.4 Å². The van der Waals surface area contributed by atoms with E-state index in [1.807, 2.05) is 47.5 Å². The molecule has 3 heterocycles. The lowest BCUT2D eigenvalue weighted by atomic mass is 10.1. The van der Waals surface area contributed by atoms with E-state index in [2.05, 4.69) is 21.1 Å². The van der Waals surface area contributed by atoms with Gasteiger partial charge >= 0.3 is 0 Å². The van der Waals surface area contributed by atoms with Gasteiger partial charge in [-0.05, 0) is 30.0 Å². The minimum absolute atomic E-state index is 0.0127. The van der Waals surface area contributed by atoms with Crippen LogP contribution in [0, 0.1) is 0 Å². The Morgan fingerprint density at radius 2 is 2.19 bits per heavy atom. The van der Waals surface area contributed by atoms with E-state index in [4.69, 9.17) is 4.98 Å². The number of pyridine rings is 1. The zero-order valence-electron chi connectivity index (χ0n) is 15.3. The summed E-state index contributed by atoms with van der Waals surface area (Å²) in [6.45, 7) is 2.57. The van der Waals surface area contributed by atoms with Crippen molar-refractivity contribution in [2.45, 2.75) is 18.3 Å². The van der Waals surface area contributed by atoms with E-state index >= 15 is 0 Å². The number of nitrogens with one attached hydrogen (secondary N) is 1. The van der Waals surface area contributed by atoms with Gasteiger partial charge in [-0.25, -0.2) is 4.98 Å². The molecule has 1 aliphatic rings. The minimum atomic E-state index is 0.0127. The Kier molecular flexibility index (Phi) is 5.40. The fraction of sp³-hybridized carbons (Fsp3) is 0.350. The molecule has 3 aromatic rings. The van der Waals surface area contributed by atoms with Gasteiger partial charge in [-0.2, -0.15) is 11.8 Å². The lowest BCUT2D eigenvalue weighted by molar-refractivity contribution is -0.135. The molecule has 140 valence electrons. The van der Waals surface area contributed by atoms with Gasteiger partial charge in [0.05, 0.1) is 22.8 Å². The molecule has 1 aromatic carbocycles. The molecular weight excluding hydrogens is 358 g/mol. The number of piperazine rings is 1. The number of benzene rings is 1. The summed E-state index contributed by atoms with van der Waals surface area (Å²) in [6, 6.07) is 12.0. The van der Waals surface area contributed by atoms with E-state index in [1.165, 1.54) is 0 Å². The number of rotatable bonds is 5. The normalized spacial score (nSPS) is 17.4. The second-order valence-corrected chi connectivity index (χ2v) is 7.50. The highest BCUT2D eigenvalue weighted by Crippen LogP contribution is 2.24. The molecular formula is C20H23N5OS. The van der Waals surface area contributed by atoms with Gasteiger partial charge in [-0.3, -0.25) is 9.78 Å². The SMILES string of the molecule is CSCc1nc2ccccc2n1CC(=O)N1CCNCC1c1cccnc1. The molecule has 0 spiro atoms. The molecule has 0 saturated carbocycles. The second kappa shape index (κ2) is 8.10. The van der Waals surface area contributed by atoms with Crippen LogP contribution in [0.15, 0.2) is 48.8 Å². The van der Waals surface area contributed by atoms with Crippen LogP contribution in [0.4, 0.5) is 0 Å². The molecule has 1 saturated heterocycles. The number of hydrogen-bond donors (Lipinski definition) is 1. The number of fused-ring (bicyclic) bond motifs is 1. The zero-order chi connectivity index (χ0) is 18.6. The van der Waals surface area contributed by atoms with Gasteiger partial charge in [0.25, 0.3) is 0 Å². The van der Waals surface area contributed by atoms with Gasteiger partial charge in [-0.1, -0.05) is 18.2 Å². The summed E-state index contributed by atoms with van der Waals surface area (Å²) < 4.78 is 2.07. The maximum atomic E-state index is 13.3. The van der Waals surface area contributed by atoms with Crippen molar-refractivity contribution in [3.63, 3.8) is 0 Å². The van der Waals surface area contributed by atoms with Gasteiger partial charge in [0.1, 0.15) is 12.4 Å². The Morgan fingerprint density at radius 1 is 1.30 bits per heavy atom. The third-order valence-electron chi connectivity index (χ3n) is 4.93. The maximum absolute atomic E-state index is 13.3. The third-order valence-corrected chi connectivity index (χ3v) is 5.48. The van der Waals surface area contributed by atoms with Crippen molar-refractivity contribution in [2.75, 3.05) is 25.9 Å². The molecule has 0 radical (unpaired) electrons. The van der Waals surface area contributed by atoms with Crippen molar-refractivity contribution in [3.8, 4) is 0 Å². The summed E-state index contributed by atoms with van der Waals surface area (Å²) in [5, 5.41) is 3.39. The van der Waals surface area contributed by atoms with Crippen molar-refractivity contribution in [2.24, 2.45) is 0 Å². The number of aromatic nitrogens is 3. The molecule has 0 aliphatic carbocycles. The fourth-order valence-electron chi connectivity index (χ4n) is 3.64. The predicted octanol–water partition coefficient (Wildman–Crippen LogP) is 2.47. The lowest BCUT2D eigenvalue weighted by Gasteiger charge is -2.36. The first kappa shape index (κ1) is 18.0. The average molecular weight is 382 g/mol. The Labute approximate surface area is 163 Å². The van der Waals surface area contributed by atoms with Gasteiger partial charge in [0.15, 0.2) is 0 Å². The summed E-state index contributed by atoms with van der Waals surface area (Å²) >= 11 is 1.72. The summed E-state index contributed by atoms with van der Waals surface area (Å²) in [5.41, 5.74) is 3.03. The largest absolute Gasteiger partial charge is 0.331 e. The molecule has 1 aliphatic heterocycles. The van der Waals surface area contributed by atoms with Crippen LogP contribution in [-0.2, 0) is 17.1 Å². The number of hydrogen-bond acceptors (Lipinski definition) is 5. The molecule has 1 amide bonds. The monoisotopic (exact) mass is 381 g/mol. The molecule has 1 unspecified atom stereocenters. The van der Waals surface area contributed by atoms with Crippen LogP contribution in [0.25, 0.3) is 11.0 Å². The summed E-state index contributed by atoms with van der Waals surface area (Å²) in [6.07, 6.45) is 5.67. The molecule has 2 aromatic heterocycles. The van der Waals surface area contributed by atoms with Crippen molar-refractivity contribution < 1.29 is 4.79 Å². The molecule has 7 heteroatoms. The zero-order valence-corrected chi connectivity index (χ0v) is 16.2. The average Bonchev–Trinajstić information content (AvgIpc) is 3.06. The number of para-hydroxylation sites is 2. The topological polar surface area (TPSA) is 63.1 Å². The summed E-state index contributed by atoms with van der Waals surface area (Å²) in [5.74, 6) is 1.86. The van der Waals surface area contributed by atoms with E-state index in [-0.39, 0.29) is 11.9 Å². The van der Waals surface area contributed by atoms with E-state index < -0.39 is 0 Å². The molecule has 6 nitrogen and oxygen atoms in total. The summed E-state index contributed by atoms with van der Waals surface area (Å²) in [7, 11) is 0. The van der Waals surface area contributed by atoms with E-state index in [1.54, 1.807) is 18.0 Å². The molecule has 1 atom stereocenters. The van der Waals surface area contributed by atoms with Gasteiger partial charge < -0.3 is 14.8 Å². The highest BCUT2D eigenvalue weighted by Gasteiger charge is 2.28. The number of nitrogens with zero attached hydrogens (tertiary/aromatic N) is 4. The maximum Gasteiger partial charge on any atom is 0.243 e. The predicted molar refractivity (Wildman–Crippen MR) is 109 cm³/mol. The van der Waals surface area contributed by atoms with Crippen LogP contribution in [-0.4, -0.2) is 51.2 Å². The third kappa shape index (κ3) is 3.70. The van der Waals surface area contributed by atoms with Crippen LogP contribution in [0.5, 0.6) is 0 Å². The smallest absolute Gasteiger partial charge is 0.243 e. The second-order valence-electron chi connectivity index (χ2n) is 6.63. The van der Waals surface area contributed by atoms with E-state index in [0.29, 0.717) is 13.1 Å². The van der Waals surface area contributed by atoms with Crippen molar-refractivity contribution in [1.29, 1.82) is 0 Å². The number of imidazole rings is 1. The van der Waals surface area contributed by atoms with Gasteiger partial charge in [-0.15, -0.1) is 0 Å². The van der Waals surface area contributed by atoms with Crippen molar-refractivity contribution in [3.05, 3.63) is 60.2 Å². The lowest BCUT2D eigenvalue weighted by Crippen LogP contribution is -2.49. The molecule has 4 rings (SSSR count). The van der Waals surface area contributed by atoms with E-state index in [0.717, 1.165) is 41.3 Å². The van der Waals surface area contributed by atoms with Crippen LogP contribution < -0.4 is 5.32 Å². The summed E-state index contributed by atoms with van der Waals surface area (Å²) in [4.78, 5) is 24.2. The van der Waals surface area contributed by atoms with Crippen molar-refractivity contribution >= 4 is 28.7 Å². The standard InChI is InChI=1S/C20H23N5OS/c1-27-14-19-23-16-6-2-3-7-17(16)25(19)13-20(26)24-10-9-22-12-18(24)15-5-4-8-21-11-15/h2-8,11,18,22H,9-10,12-14H2,1H3. The fourth-order valence-corrected chi connectivity index (χ4v) is 4.12. The Bertz CT molecular complexity index is 927. The van der Waals surface area contributed by atoms with Gasteiger partial charge in [0, 0.05) is 32.0 Å². The number of amides is 1. The highest BCUT2D eigenvalue weighted by molar-refractivity contribution is 7.97. The number of thioether (sulfide) groups is 1. The first-order chi connectivity index (χ1) is 13.3. The Morgan fingerprint density at radius 3 is 3.00 bits per heavy atom. The van der Waals surface area contributed by atoms with Crippen LogP contribution in [0.2, 0.25) is 0 Å². The van der Waals surface area contributed by atoms with Crippen molar-refractivity contribution in [1.82, 2.24) is 24.8 Å². The Balaban J connectivity index is 1.63. The number of carbonyl (C=O) groups is 1. The molecule has 27 heavy (non-hydrogen) atoms. The van der Waals surface area contributed by atoms with Crippen LogP contribution in [0.3, 0.4) is 0 Å². The minimum Gasteiger partial charge on any atom is -0.331 e. The Hall–Kier alpha value is -2.38. The molecule has 1 N–H and O–H groups in total. The van der Waals surface area contributed by atoms with Crippen LogP contribution >= 0.6 is 11.8 Å². The van der Waals surface area contributed by atoms with Gasteiger partial charge in [0.2, 0.25) is 5.91 Å². The first-order valence-corrected chi connectivity index (χ1v) is 10.5. The molecule has 1 fully saturated rings. The quantitative estimate of drug-likeness (QED) is 0.736. The first-order valence-electron chi connectivity index (χ1n) is 9.11. The number of carbonyl (C=O) groups excluding carboxylic acids is 1. The molecule has 0 bridgehead atoms. The highest BCUT2D eigenvalue weighted by atomic mass is 32.2. The van der Waals surface area contributed by atoms with E-state index in [9.17, 15) is 4.79 Å².